The van der Waals surface area contributed by atoms with Gasteiger partial charge in [0, 0.05) is 37.7 Å². The zero-order valence-corrected chi connectivity index (χ0v) is 27.4. The van der Waals surface area contributed by atoms with Gasteiger partial charge in [-0.1, -0.05) is 62.4 Å². The number of thiophene rings is 1. The molecule has 2 aromatic carbocycles. The van der Waals surface area contributed by atoms with Crippen molar-refractivity contribution in [1.82, 2.24) is 14.4 Å². The summed E-state index contributed by atoms with van der Waals surface area (Å²) in [4.78, 5) is 54.2. The van der Waals surface area contributed by atoms with Crippen LogP contribution < -0.4 is 10.3 Å². The van der Waals surface area contributed by atoms with Crippen molar-refractivity contribution < 1.29 is 42.1 Å². The molecule has 2 heterocycles. The monoisotopic (exact) mass is 677 g/mol. The molecular weight excluding hydrogens is 639 g/mol. The number of ether oxygens (including phenoxy) is 2. The Morgan fingerprint density at radius 1 is 0.936 bits per heavy atom. The molecule has 0 aliphatic carbocycles. The van der Waals surface area contributed by atoms with Gasteiger partial charge in [-0.25, -0.2) is 4.79 Å². The number of nitrogens with zero attached hydrogens (tertiary/aromatic N) is 3. The molecule has 0 bridgehead atoms. The zero-order valence-electron chi connectivity index (χ0n) is 26.6. The van der Waals surface area contributed by atoms with E-state index in [4.69, 9.17) is 19.4 Å². The number of ketones is 1. The molecule has 0 spiro atoms. The van der Waals surface area contributed by atoms with Crippen molar-refractivity contribution in [3.63, 3.8) is 0 Å². The third kappa shape index (κ3) is 9.40. The van der Waals surface area contributed by atoms with Gasteiger partial charge in [-0.05, 0) is 26.1 Å². The Balaban J connectivity index is 0.000000771. The number of aromatic nitrogens is 1. The molecule has 254 valence electrons. The standard InChI is InChI=1S/C31H37N3O5S.C2HF3O2/c1-5-33(6-2)18-17-32(4)31(37)29-27(39-20-19-38-7-3)26-28(40-29)23-15-11-12-16-24(23)34(30(26)36)21-25(35)22-13-9-8-10-14-22;3-2(4,5)1(6)7/h8-16H,5-7,17-21H2,1-4H3;(H,6,7). The second-order valence-electron chi connectivity index (χ2n) is 10.3. The number of rotatable bonds is 14. The van der Waals surface area contributed by atoms with Gasteiger partial charge in [0.15, 0.2) is 11.5 Å². The van der Waals surface area contributed by atoms with Crippen LogP contribution in [0.25, 0.3) is 21.0 Å². The molecule has 47 heavy (non-hydrogen) atoms. The first-order chi connectivity index (χ1) is 22.3. The lowest BCUT2D eigenvalue weighted by molar-refractivity contribution is -0.192. The topological polar surface area (TPSA) is 118 Å². The number of benzene rings is 2. The van der Waals surface area contributed by atoms with Crippen molar-refractivity contribution in [2.24, 2.45) is 0 Å². The molecule has 0 saturated carbocycles. The summed E-state index contributed by atoms with van der Waals surface area (Å²) in [6, 6.07) is 16.4. The van der Waals surface area contributed by atoms with Gasteiger partial charge in [0.25, 0.3) is 11.5 Å². The lowest BCUT2D eigenvalue weighted by Gasteiger charge is -2.23. The fraction of sp³-hybridized carbons (Fsp3) is 0.394. The molecule has 0 aliphatic rings. The van der Waals surface area contributed by atoms with E-state index in [-0.39, 0.29) is 36.2 Å². The molecule has 0 radical (unpaired) electrons. The number of hydrogen-bond donors (Lipinski definition) is 1. The number of pyridine rings is 1. The molecule has 0 fully saturated rings. The third-order valence-corrected chi connectivity index (χ3v) is 8.46. The van der Waals surface area contributed by atoms with Crippen LogP contribution in [-0.4, -0.2) is 96.4 Å². The van der Waals surface area contributed by atoms with Gasteiger partial charge in [0.05, 0.1) is 23.4 Å². The molecule has 14 heteroatoms. The normalized spacial score (nSPS) is 11.4. The highest BCUT2D eigenvalue weighted by Crippen LogP contribution is 2.40. The lowest BCUT2D eigenvalue weighted by Crippen LogP contribution is -2.36. The highest BCUT2D eigenvalue weighted by molar-refractivity contribution is 7.22. The summed E-state index contributed by atoms with van der Waals surface area (Å²) < 4.78 is 45.5. The highest BCUT2D eigenvalue weighted by atomic mass is 32.1. The van der Waals surface area contributed by atoms with Crippen LogP contribution in [-0.2, 0) is 16.1 Å². The summed E-state index contributed by atoms with van der Waals surface area (Å²) in [5, 5.41) is 8.24. The molecule has 1 amide bonds. The van der Waals surface area contributed by atoms with Gasteiger partial charge in [0.2, 0.25) is 0 Å². The Morgan fingerprint density at radius 3 is 2.15 bits per heavy atom. The third-order valence-electron chi connectivity index (χ3n) is 7.27. The lowest BCUT2D eigenvalue weighted by atomic mass is 10.1. The number of halogens is 3. The quantitative estimate of drug-likeness (QED) is 0.136. The molecule has 4 rings (SSSR count). The van der Waals surface area contributed by atoms with Crippen LogP contribution in [0.15, 0.2) is 59.4 Å². The van der Waals surface area contributed by atoms with Gasteiger partial charge in [0.1, 0.15) is 16.9 Å². The first-order valence-electron chi connectivity index (χ1n) is 15.0. The second kappa shape index (κ2) is 17.0. The average Bonchev–Trinajstić information content (AvgIpc) is 3.45. The number of carbonyl (C=O) groups is 3. The number of carbonyl (C=O) groups excluding carboxylic acids is 2. The van der Waals surface area contributed by atoms with Gasteiger partial charge in [-0.15, -0.1) is 11.3 Å². The Labute approximate surface area is 273 Å². The van der Waals surface area contributed by atoms with E-state index in [0.717, 1.165) is 25.0 Å². The number of hydrogen-bond acceptors (Lipinski definition) is 8. The largest absolute Gasteiger partial charge is 0.490 e. The Morgan fingerprint density at radius 2 is 1.55 bits per heavy atom. The number of alkyl halides is 3. The van der Waals surface area contributed by atoms with E-state index in [0.29, 0.717) is 45.8 Å². The maximum Gasteiger partial charge on any atom is 0.490 e. The zero-order chi connectivity index (χ0) is 34.7. The number of likely N-dealkylation sites (N-methyl/N-ethyl adjacent to an activating group) is 2. The number of aliphatic carboxylic acids is 1. The van der Waals surface area contributed by atoms with Crippen molar-refractivity contribution in [1.29, 1.82) is 0 Å². The predicted molar refractivity (Wildman–Crippen MR) is 175 cm³/mol. The maximum absolute atomic E-state index is 14.1. The van der Waals surface area contributed by atoms with E-state index in [9.17, 15) is 27.6 Å². The molecule has 2 aromatic heterocycles. The molecule has 0 unspecified atom stereocenters. The van der Waals surface area contributed by atoms with E-state index >= 15 is 0 Å². The van der Waals surface area contributed by atoms with Crippen molar-refractivity contribution in [2.75, 3.05) is 53.0 Å². The summed E-state index contributed by atoms with van der Waals surface area (Å²) in [7, 11) is 1.77. The molecule has 10 nitrogen and oxygen atoms in total. The predicted octanol–water partition coefficient (Wildman–Crippen LogP) is 5.56. The highest BCUT2D eigenvalue weighted by Gasteiger charge is 2.38. The van der Waals surface area contributed by atoms with Crippen LogP contribution in [0.2, 0.25) is 0 Å². The van der Waals surface area contributed by atoms with Crippen molar-refractivity contribution >= 4 is 50.0 Å². The first-order valence-corrected chi connectivity index (χ1v) is 15.8. The van der Waals surface area contributed by atoms with E-state index in [2.05, 4.69) is 18.7 Å². The molecule has 0 saturated heterocycles. The summed E-state index contributed by atoms with van der Waals surface area (Å²) in [6.07, 6.45) is -5.08. The van der Waals surface area contributed by atoms with E-state index in [1.807, 2.05) is 37.3 Å². The number of fused-ring (bicyclic) bond motifs is 3. The van der Waals surface area contributed by atoms with Crippen molar-refractivity contribution in [3.8, 4) is 5.75 Å². The molecule has 1 N–H and O–H groups in total. The number of carboxylic acids is 1. The molecular formula is C33H38F3N3O7S. The van der Waals surface area contributed by atoms with Crippen LogP contribution in [0, 0.1) is 0 Å². The van der Waals surface area contributed by atoms with E-state index in [1.165, 1.54) is 15.9 Å². The SMILES string of the molecule is CCOCCOc1c(C(=O)N(C)CCN(CC)CC)sc2c1c(=O)n(CC(=O)c1ccccc1)c1ccccc21.O=C(O)C(F)(F)F. The fourth-order valence-electron chi connectivity index (χ4n) is 4.69. The van der Waals surface area contributed by atoms with Crippen LogP contribution in [0.1, 0.15) is 40.8 Å². The number of Topliss-reactive ketones (excluding diaryl/α,β-unsaturated/α-hetero) is 1. The minimum atomic E-state index is -5.08. The Bertz CT molecular complexity index is 1730. The van der Waals surface area contributed by atoms with Crippen molar-refractivity contribution in [3.05, 3.63) is 75.4 Å². The average molecular weight is 678 g/mol. The Kier molecular flexibility index (Phi) is 13.5. The molecule has 0 aliphatic heterocycles. The first kappa shape index (κ1) is 37.2. The van der Waals surface area contributed by atoms with E-state index < -0.39 is 12.1 Å². The Hall–Kier alpha value is -4.27. The van der Waals surface area contributed by atoms with Crippen LogP contribution in [0.4, 0.5) is 13.2 Å². The minimum Gasteiger partial charge on any atom is -0.489 e. The van der Waals surface area contributed by atoms with Gasteiger partial charge in [-0.3, -0.25) is 19.0 Å². The summed E-state index contributed by atoms with van der Waals surface area (Å²) in [5.41, 5.74) is 0.813. The number of amides is 1. The van der Waals surface area contributed by atoms with Gasteiger partial charge >= 0.3 is 12.1 Å². The van der Waals surface area contributed by atoms with Crippen LogP contribution >= 0.6 is 11.3 Å². The van der Waals surface area contributed by atoms with Gasteiger partial charge < -0.3 is 24.4 Å². The smallest absolute Gasteiger partial charge is 0.489 e. The minimum absolute atomic E-state index is 0.124. The fourth-order valence-corrected chi connectivity index (χ4v) is 5.96. The van der Waals surface area contributed by atoms with Crippen LogP contribution in [0.3, 0.4) is 0 Å². The summed E-state index contributed by atoms with van der Waals surface area (Å²) >= 11 is 1.27. The summed E-state index contributed by atoms with van der Waals surface area (Å²) in [5.74, 6) is -2.87. The van der Waals surface area contributed by atoms with Crippen LogP contribution in [0.5, 0.6) is 5.75 Å². The second-order valence-corrected chi connectivity index (χ2v) is 11.3. The molecule has 0 atom stereocenters. The number of carboxylic acid groups (broad SMARTS) is 1. The van der Waals surface area contributed by atoms with Crippen molar-refractivity contribution in [2.45, 2.75) is 33.5 Å². The van der Waals surface area contributed by atoms with Gasteiger partial charge in [-0.2, -0.15) is 13.2 Å². The summed E-state index contributed by atoms with van der Waals surface area (Å²) in [6.45, 7) is 10.1. The number of para-hydroxylation sites is 1. The maximum atomic E-state index is 14.1. The van der Waals surface area contributed by atoms with E-state index in [1.54, 1.807) is 36.2 Å². The molecule has 4 aromatic rings.